The lowest BCUT2D eigenvalue weighted by molar-refractivity contribution is 0.0971. The van der Waals surface area contributed by atoms with E-state index in [4.69, 9.17) is 21.1 Å². The van der Waals surface area contributed by atoms with Gasteiger partial charge in [0.2, 0.25) is 5.95 Å². The Labute approximate surface area is 159 Å². The number of Topliss-reactive ketones (excluding diaryl/α,β-unsaturated/α-hetero) is 1. The van der Waals surface area contributed by atoms with Crippen LogP contribution < -0.4 is 5.32 Å². The van der Waals surface area contributed by atoms with E-state index >= 15 is 0 Å². The minimum atomic E-state index is -0.0121. The summed E-state index contributed by atoms with van der Waals surface area (Å²) in [6.45, 7) is 0.00134. The van der Waals surface area contributed by atoms with Gasteiger partial charge in [-0.3, -0.25) is 10.1 Å². The Kier molecular flexibility index (Phi) is 4.55. The molecule has 0 spiro atoms. The maximum absolute atomic E-state index is 12.2. The molecule has 2 aromatic carbocycles. The van der Waals surface area contributed by atoms with E-state index in [1.165, 1.54) is 0 Å². The summed E-state index contributed by atoms with van der Waals surface area (Å²) < 4.78 is 7.53. The first-order valence-electron chi connectivity index (χ1n) is 8.49. The molecule has 0 unspecified atom stereocenters. The zero-order valence-electron chi connectivity index (χ0n) is 14.6. The average Bonchev–Trinajstić information content (AvgIpc) is 3.19. The molecule has 0 radical (unpaired) electrons. The summed E-state index contributed by atoms with van der Waals surface area (Å²) in [6.07, 6.45) is 0.763. The van der Waals surface area contributed by atoms with E-state index in [-0.39, 0.29) is 12.4 Å². The molecule has 0 amide bonds. The van der Waals surface area contributed by atoms with Gasteiger partial charge in [0.1, 0.15) is 5.52 Å². The van der Waals surface area contributed by atoms with Crippen molar-refractivity contribution in [3.8, 4) is 0 Å². The van der Waals surface area contributed by atoms with Crippen LogP contribution in [-0.2, 0) is 7.05 Å². The first kappa shape index (κ1) is 17.5. The molecule has 0 aliphatic carbocycles. The lowest BCUT2D eigenvalue weighted by Gasteiger charge is -2.02. The van der Waals surface area contributed by atoms with Gasteiger partial charge in [-0.25, -0.2) is 4.98 Å². The number of anilines is 2. The number of carbonyl (C=O) groups is 1. The van der Waals surface area contributed by atoms with E-state index in [0.717, 1.165) is 5.52 Å². The van der Waals surface area contributed by atoms with Crippen LogP contribution in [0.15, 0.2) is 40.8 Å². The van der Waals surface area contributed by atoms with E-state index in [9.17, 15) is 4.79 Å². The fourth-order valence-electron chi connectivity index (χ4n) is 2.92. The summed E-state index contributed by atoms with van der Waals surface area (Å²) in [6, 6.07) is 10.9. The molecular weight excluding hydrogens is 368 g/mol. The summed E-state index contributed by atoms with van der Waals surface area (Å²) in [7, 11) is 1.87. The molecule has 2 heterocycles. The predicted octanol–water partition coefficient (Wildman–Crippen LogP) is 4.07. The highest BCUT2D eigenvalue weighted by Gasteiger charge is 2.14. The molecule has 0 aliphatic rings. The van der Waals surface area contributed by atoms with Gasteiger partial charge in [-0.2, -0.15) is 4.98 Å². The number of aromatic nitrogens is 3. The van der Waals surface area contributed by atoms with Crippen molar-refractivity contribution in [2.45, 2.75) is 12.8 Å². The Morgan fingerprint density at radius 3 is 2.89 bits per heavy atom. The minimum Gasteiger partial charge on any atom is -0.423 e. The minimum absolute atomic E-state index is 0.00134. The molecule has 0 saturated carbocycles. The van der Waals surface area contributed by atoms with Crippen molar-refractivity contribution in [1.29, 1.82) is 0 Å². The number of fused-ring (bicyclic) bond motifs is 2. The second-order valence-electron chi connectivity index (χ2n) is 6.20. The monoisotopic (exact) mass is 384 g/mol. The fraction of sp³-hybridized carbons (Fsp3) is 0.211. The third kappa shape index (κ3) is 3.39. The summed E-state index contributed by atoms with van der Waals surface area (Å²) in [5.74, 6) is 0.532. The lowest BCUT2D eigenvalue weighted by atomic mass is 10.1. The molecular formula is C19H17ClN4O3. The van der Waals surface area contributed by atoms with Crippen molar-refractivity contribution in [2.24, 2.45) is 7.05 Å². The maximum Gasteiger partial charge on any atom is 0.302 e. The lowest BCUT2D eigenvalue weighted by Crippen LogP contribution is -2.00. The second kappa shape index (κ2) is 7.02. The van der Waals surface area contributed by atoms with Crippen LogP contribution in [0.25, 0.3) is 22.1 Å². The van der Waals surface area contributed by atoms with Gasteiger partial charge in [-0.1, -0.05) is 11.6 Å². The number of hydrogen-bond donors (Lipinski definition) is 2. The number of aliphatic hydroxyl groups excluding tert-OH is 1. The van der Waals surface area contributed by atoms with Gasteiger partial charge in [-0.05, 0) is 36.8 Å². The molecule has 0 atom stereocenters. The van der Waals surface area contributed by atoms with E-state index in [1.54, 1.807) is 30.3 Å². The Hall–Kier alpha value is -2.90. The maximum atomic E-state index is 12.2. The number of imidazole rings is 1. The molecule has 27 heavy (non-hydrogen) atoms. The predicted molar refractivity (Wildman–Crippen MR) is 104 cm³/mol. The van der Waals surface area contributed by atoms with Gasteiger partial charge in [0.15, 0.2) is 11.4 Å². The quantitative estimate of drug-likeness (QED) is 0.487. The smallest absolute Gasteiger partial charge is 0.302 e. The molecule has 2 N–H and O–H groups in total. The first-order chi connectivity index (χ1) is 13.0. The van der Waals surface area contributed by atoms with Crippen LogP contribution in [0.3, 0.4) is 0 Å². The highest BCUT2D eigenvalue weighted by molar-refractivity contribution is 6.31. The molecule has 4 aromatic rings. The first-order valence-corrected chi connectivity index (χ1v) is 8.86. The Morgan fingerprint density at radius 2 is 2.07 bits per heavy atom. The molecule has 0 fully saturated rings. The van der Waals surface area contributed by atoms with Crippen molar-refractivity contribution < 1.29 is 14.3 Å². The Bertz CT molecular complexity index is 1150. The summed E-state index contributed by atoms with van der Waals surface area (Å²) in [4.78, 5) is 21.1. The molecule has 4 rings (SSSR count). The summed E-state index contributed by atoms with van der Waals surface area (Å²) in [5.41, 5.74) is 3.42. The number of hydrogen-bond acceptors (Lipinski definition) is 6. The highest BCUT2D eigenvalue weighted by Crippen LogP contribution is 2.26. The van der Waals surface area contributed by atoms with Gasteiger partial charge >= 0.3 is 6.01 Å². The van der Waals surface area contributed by atoms with Crippen molar-refractivity contribution in [1.82, 2.24) is 14.5 Å². The highest BCUT2D eigenvalue weighted by atomic mass is 35.5. The van der Waals surface area contributed by atoms with Crippen LogP contribution in [0.5, 0.6) is 0 Å². The zero-order valence-corrected chi connectivity index (χ0v) is 15.3. The van der Waals surface area contributed by atoms with Crippen LogP contribution in [-0.4, -0.2) is 32.0 Å². The summed E-state index contributed by atoms with van der Waals surface area (Å²) >= 11 is 5.97. The SMILES string of the molecule is Cn1c(Nc2nc3ccc(Cl)cc3o2)nc2cc(C(=O)CCCO)ccc21. The standard InChI is InChI=1S/C19H17ClN4O3/c1-24-15-7-4-11(16(26)3-2-8-25)9-14(15)21-18(24)23-19-22-13-6-5-12(20)10-17(13)27-19/h4-7,9-10,25H,2-3,8H2,1H3,(H,21,22,23). The van der Waals surface area contributed by atoms with E-state index in [2.05, 4.69) is 15.3 Å². The number of oxazole rings is 1. The van der Waals surface area contributed by atoms with Gasteiger partial charge < -0.3 is 14.1 Å². The Morgan fingerprint density at radius 1 is 1.22 bits per heavy atom. The largest absolute Gasteiger partial charge is 0.423 e. The van der Waals surface area contributed by atoms with E-state index in [1.807, 2.05) is 17.7 Å². The Balaban J connectivity index is 1.64. The van der Waals surface area contributed by atoms with Gasteiger partial charge in [0.25, 0.3) is 0 Å². The molecule has 0 saturated heterocycles. The van der Waals surface area contributed by atoms with Crippen molar-refractivity contribution >= 4 is 51.5 Å². The molecule has 138 valence electrons. The summed E-state index contributed by atoms with van der Waals surface area (Å²) in [5, 5.41) is 12.5. The van der Waals surface area contributed by atoms with E-state index < -0.39 is 0 Å². The average molecular weight is 385 g/mol. The van der Waals surface area contributed by atoms with Gasteiger partial charge in [-0.15, -0.1) is 0 Å². The number of halogens is 1. The van der Waals surface area contributed by atoms with Crippen molar-refractivity contribution in [3.05, 3.63) is 47.0 Å². The van der Waals surface area contributed by atoms with Crippen LogP contribution in [0.4, 0.5) is 12.0 Å². The third-order valence-electron chi connectivity index (χ3n) is 4.33. The van der Waals surface area contributed by atoms with Crippen LogP contribution in [0.2, 0.25) is 5.02 Å². The normalized spacial score (nSPS) is 11.4. The molecule has 8 heteroatoms. The number of nitrogens with one attached hydrogen (secondary N) is 1. The number of carbonyl (C=O) groups excluding carboxylic acids is 1. The van der Waals surface area contributed by atoms with Crippen LogP contribution in [0.1, 0.15) is 23.2 Å². The fourth-order valence-corrected chi connectivity index (χ4v) is 3.08. The van der Waals surface area contributed by atoms with Gasteiger partial charge in [0.05, 0.1) is 11.0 Å². The molecule has 0 aliphatic heterocycles. The third-order valence-corrected chi connectivity index (χ3v) is 4.57. The topological polar surface area (TPSA) is 93.2 Å². The van der Waals surface area contributed by atoms with Crippen molar-refractivity contribution in [2.75, 3.05) is 11.9 Å². The van der Waals surface area contributed by atoms with Crippen LogP contribution in [0, 0.1) is 0 Å². The van der Waals surface area contributed by atoms with Gasteiger partial charge in [0, 0.05) is 36.7 Å². The number of aryl methyl sites for hydroxylation is 1. The molecule has 2 aromatic heterocycles. The van der Waals surface area contributed by atoms with E-state index in [0.29, 0.717) is 52.0 Å². The number of aliphatic hydroxyl groups is 1. The molecule has 0 bridgehead atoms. The van der Waals surface area contributed by atoms with Crippen molar-refractivity contribution in [3.63, 3.8) is 0 Å². The second-order valence-corrected chi connectivity index (χ2v) is 6.64. The number of rotatable bonds is 6. The molecule has 7 nitrogen and oxygen atoms in total. The number of nitrogens with zero attached hydrogens (tertiary/aromatic N) is 3. The zero-order chi connectivity index (χ0) is 19.0. The van der Waals surface area contributed by atoms with Crippen LogP contribution >= 0.6 is 11.6 Å². The number of benzene rings is 2. The number of ketones is 1.